The summed E-state index contributed by atoms with van der Waals surface area (Å²) in [5.74, 6) is -0.717. The molecule has 0 aliphatic rings. The van der Waals surface area contributed by atoms with Crippen molar-refractivity contribution in [3.8, 4) is 0 Å². The molecule has 2 N–H and O–H groups in total. The highest BCUT2D eigenvalue weighted by molar-refractivity contribution is 5.70. The molecule has 284 valence electrons. The van der Waals surface area contributed by atoms with Gasteiger partial charge in [-0.3, -0.25) is 9.59 Å². The van der Waals surface area contributed by atoms with Crippen molar-refractivity contribution in [2.24, 2.45) is 0 Å². The van der Waals surface area contributed by atoms with Crippen LogP contribution in [0, 0.1) is 0 Å². The third-order valence-corrected chi connectivity index (χ3v) is 8.71. The van der Waals surface area contributed by atoms with Gasteiger partial charge in [0.15, 0.2) is 6.10 Å². The molecule has 0 aliphatic carbocycles. The highest BCUT2D eigenvalue weighted by atomic mass is 16.6. The van der Waals surface area contributed by atoms with E-state index in [0.717, 1.165) is 32.1 Å². The molecule has 0 aliphatic heterocycles. The fourth-order valence-electron chi connectivity index (χ4n) is 5.57. The van der Waals surface area contributed by atoms with Gasteiger partial charge in [-0.05, 0) is 44.9 Å². The van der Waals surface area contributed by atoms with E-state index in [1.165, 1.54) is 109 Å². The zero-order valence-electron chi connectivity index (χ0n) is 31.8. The second-order valence-corrected chi connectivity index (χ2v) is 13.6. The fraction of sp³-hybridized carbons (Fsp3) is 0.767. The van der Waals surface area contributed by atoms with Gasteiger partial charge in [0.1, 0.15) is 6.61 Å². The maximum absolute atomic E-state index is 12.2. The van der Waals surface area contributed by atoms with Crippen LogP contribution in [0.4, 0.5) is 0 Å². The van der Waals surface area contributed by atoms with Crippen LogP contribution in [-0.4, -0.2) is 47.6 Å². The smallest absolute Gasteiger partial charge is 0.306 e. The van der Waals surface area contributed by atoms with Crippen molar-refractivity contribution in [2.75, 3.05) is 13.2 Å². The van der Waals surface area contributed by atoms with Gasteiger partial charge in [-0.25, -0.2) is 0 Å². The minimum Gasteiger partial charge on any atom is -0.462 e. The Hall–Kier alpha value is -2.18. The predicted octanol–water partition coefficient (Wildman–Crippen LogP) is 11.6. The molecule has 0 rings (SSSR count). The number of aliphatic hydroxyl groups is 2. The first-order chi connectivity index (χ1) is 24.0. The first-order valence-electron chi connectivity index (χ1n) is 20.3. The van der Waals surface area contributed by atoms with Crippen LogP contribution in [0.1, 0.15) is 187 Å². The SMILES string of the molecule is CCCCC/C=C\C/C=C\CC(O)/C=C\C=C\CCCC(=O)O[C@@H](CO)COC(=O)CCCCCCCCCCCCCCCCCCC. The lowest BCUT2D eigenvalue weighted by Crippen LogP contribution is -2.28. The van der Waals surface area contributed by atoms with Crippen molar-refractivity contribution < 1.29 is 29.3 Å². The van der Waals surface area contributed by atoms with Gasteiger partial charge in [0, 0.05) is 12.8 Å². The molecule has 0 spiro atoms. The van der Waals surface area contributed by atoms with Crippen molar-refractivity contribution >= 4 is 11.9 Å². The van der Waals surface area contributed by atoms with Crippen molar-refractivity contribution in [2.45, 2.75) is 199 Å². The average Bonchev–Trinajstić information content (AvgIpc) is 3.10. The summed E-state index contributed by atoms with van der Waals surface area (Å²) in [7, 11) is 0. The van der Waals surface area contributed by atoms with E-state index in [-0.39, 0.29) is 25.6 Å². The Morgan fingerprint density at radius 1 is 0.571 bits per heavy atom. The molecule has 6 nitrogen and oxygen atoms in total. The van der Waals surface area contributed by atoms with Gasteiger partial charge >= 0.3 is 11.9 Å². The van der Waals surface area contributed by atoms with Crippen LogP contribution in [0.2, 0.25) is 0 Å². The molecule has 0 saturated heterocycles. The molecular formula is C43H76O6. The summed E-state index contributed by atoms with van der Waals surface area (Å²) in [5, 5.41) is 19.6. The summed E-state index contributed by atoms with van der Waals surface area (Å²) in [4.78, 5) is 24.2. The highest BCUT2D eigenvalue weighted by Gasteiger charge is 2.16. The maximum Gasteiger partial charge on any atom is 0.306 e. The van der Waals surface area contributed by atoms with Crippen LogP contribution >= 0.6 is 0 Å². The van der Waals surface area contributed by atoms with E-state index >= 15 is 0 Å². The third kappa shape index (κ3) is 36.9. The number of unbranched alkanes of at least 4 members (excludes halogenated alkanes) is 20. The minimum absolute atomic E-state index is 0.113. The number of rotatable bonds is 36. The monoisotopic (exact) mass is 689 g/mol. The molecule has 0 aromatic heterocycles. The molecule has 0 aromatic rings. The Morgan fingerprint density at radius 3 is 1.67 bits per heavy atom. The van der Waals surface area contributed by atoms with Crippen molar-refractivity contribution in [3.63, 3.8) is 0 Å². The molecule has 0 aromatic carbocycles. The van der Waals surface area contributed by atoms with Gasteiger partial charge in [0.2, 0.25) is 0 Å². The van der Waals surface area contributed by atoms with E-state index in [1.807, 2.05) is 24.3 Å². The first kappa shape index (κ1) is 46.8. The number of carbonyl (C=O) groups excluding carboxylic acids is 2. The summed E-state index contributed by atoms with van der Waals surface area (Å²) in [6.45, 7) is 3.99. The number of aliphatic hydroxyl groups excluding tert-OH is 2. The van der Waals surface area contributed by atoms with E-state index in [2.05, 4.69) is 32.1 Å². The molecule has 49 heavy (non-hydrogen) atoms. The molecular weight excluding hydrogens is 612 g/mol. The standard InChI is InChI=1S/C43H76O6/c1-3-5-7-9-11-13-14-15-16-17-18-19-20-22-24-28-32-36-42(46)48-39-41(38-44)49-43(47)37-33-29-25-27-31-35-40(45)34-30-26-23-21-12-10-8-6-4-2/h12,21,25-27,30-31,35,40-41,44-45H,3-11,13-20,22-24,28-29,32-34,36-39H2,1-2H3/b21-12-,27-25+,30-26-,35-31-/t40?,41-/m0/s1. The number of ether oxygens (including phenoxy) is 2. The molecule has 0 amide bonds. The lowest BCUT2D eigenvalue weighted by atomic mass is 10.0. The number of hydrogen-bond acceptors (Lipinski definition) is 6. The molecule has 0 radical (unpaired) electrons. The predicted molar refractivity (Wildman–Crippen MR) is 206 cm³/mol. The Bertz CT molecular complexity index is 845. The van der Waals surface area contributed by atoms with Crippen LogP contribution in [0.5, 0.6) is 0 Å². The minimum atomic E-state index is -0.831. The number of allylic oxidation sites excluding steroid dienone is 6. The number of hydrogen-bond donors (Lipinski definition) is 2. The molecule has 0 saturated carbocycles. The van der Waals surface area contributed by atoms with E-state index in [0.29, 0.717) is 25.7 Å². The summed E-state index contributed by atoms with van der Waals surface area (Å²) in [6, 6.07) is 0. The molecule has 0 fully saturated rings. The summed E-state index contributed by atoms with van der Waals surface area (Å²) in [6.07, 6.45) is 44.8. The van der Waals surface area contributed by atoms with Gasteiger partial charge in [-0.1, -0.05) is 178 Å². The topological polar surface area (TPSA) is 93.1 Å². The Labute approximate surface area is 301 Å². The molecule has 1 unspecified atom stereocenters. The van der Waals surface area contributed by atoms with Crippen molar-refractivity contribution in [1.29, 1.82) is 0 Å². The van der Waals surface area contributed by atoms with Crippen LogP contribution in [0.25, 0.3) is 0 Å². The van der Waals surface area contributed by atoms with E-state index < -0.39 is 18.2 Å². The quantitative estimate of drug-likeness (QED) is 0.0294. The summed E-state index contributed by atoms with van der Waals surface area (Å²) >= 11 is 0. The lowest BCUT2D eigenvalue weighted by Gasteiger charge is -2.15. The van der Waals surface area contributed by atoms with Gasteiger partial charge < -0.3 is 19.7 Å². The first-order valence-corrected chi connectivity index (χ1v) is 20.3. The second-order valence-electron chi connectivity index (χ2n) is 13.6. The van der Waals surface area contributed by atoms with Gasteiger partial charge in [0.25, 0.3) is 0 Å². The third-order valence-electron chi connectivity index (χ3n) is 8.71. The zero-order valence-corrected chi connectivity index (χ0v) is 31.8. The number of esters is 2. The Kier molecular flexibility index (Phi) is 36.9. The second kappa shape index (κ2) is 38.6. The highest BCUT2D eigenvalue weighted by Crippen LogP contribution is 2.14. The molecule has 6 heteroatoms. The Balaban J connectivity index is 3.71. The average molecular weight is 689 g/mol. The normalized spacial score (nSPS) is 13.3. The van der Waals surface area contributed by atoms with E-state index in [9.17, 15) is 19.8 Å². The van der Waals surface area contributed by atoms with Gasteiger partial charge in [0.05, 0.1) is 12.7 Å². The number of carbonyl (C=O) groups is 2. The zero-order chi connectivity index (χ0) is 35.9. The van der Waals surface area contributed by atoms with E-state index in [4.69, 9.17) is 9.47 Å². The Morgan fingerprint density at radius 2 is 1.08 bits per heavy atom. The van der Waals surface area contributed by atoms with Gasteiger partial charge in [-0.15, -0.1) is 0 Å². The fourth-order valence-corrected chi connectivity index (χ4v) is 5.57. The van der Waals surface area contributed by atoms with E-state index in [1.54, 1.807) is 6.08 Å². The van der Waals surface area contributed by atoms with Crippen LogP contribution < -0.4 is 0 Å². The maximum atomic E-state index is 12.2. The van der Waals surface area contributed by atoms with Gasteiger partial charge in [-0.2, -0.15) is 0 Å². The van der Waals surface area contributed by atoms with Crippen molar-refractivity contribution in [3.05, 3.63) is 48.6 Å². The lowest BCUT2D eigenvalue weighted by molar-refractivity contribution is -0.161. The largest absolute Gasteiger partial charge is 0.462 e. The van der Waals surface area contributed by atoms with Crippen LogP contribution in [0.3, 0.4) is 0 Å². The molecule has 2 atom stereocenters. The summed E-state index contributed by atoms with van der Waals surface area (Å²) in [5.41, 5.74) is 0. The van der Waals surface area contributed by atoms with Crippen molar-refractivity contribution in [1.82, 2.24) is 0 Å². The molecule has 0 heterocycles. The van der Waals surface area contributed by atoms with Crippen LogP contribution in [-0.2, 0) is 19.1 Å². The van der Waals surface area contributed by atoms with Crippen LogP contribution in [0.15, 0.2) is 48.6 Å². The molecule has 0 bridgehead atoms. The summed E-state index contributed by atoms with van der Waals surface area (Å²) < 4.78 is 10.5.